The highest BCUT2D eigenvalue weighted by Gasteiger charge is 2.35. The van der Waals surface area contributed by atoms with Gasteiger partial charge in [-0.25, -0.2) is 9.97 Å². The van der Waals surface area contributed by atoms with Crippen LogP contribution in [-0.2, 0) is 9.59 Å². The molecule has 10 heteroatoms. The van der Waals surface area contributed by atoms with Crippen LogP contribution in [0, 0.1) is 0 Å². The van der Waals surface area contributed by atoms with Crippen molar-refractivity contribution in [3.63, 3.8) is 0 Å². The lowest BCUT2D eigenvalue weighted by molar-refractivity contribution is -0.131. The summed E-state index contributed by atoms with van der Waals surface area (Å²) in [6.07, 6.45) is 8.36. The fraction of sp³-hybridized carbons (Fsp3) is 0.667. The molecule has 0 bridgehead atoms. The topological polar surface area (TPSA) is 104 Å². The highest BCUT2D eigenvalue weighted by molar-refractivity contribution is 5.86. The van der Waals surface area contributed by atoms with Crippen LogP contribution in [0.25, 0.3) is 0 Å². The summed E-state index contributed by atoms with van der Waals surface area (Å²) in [6, 6.07) is 1.79. The van der Waals surface area contributed by atoms with E-state index in [1.54, 1.807) is 18.5 Å². The minimum Gasteiger partial charge on any atom is -0.354 e. The molecule has 3 N–H and O–H groups in total. The molecule has 0 radical (unpaired) electrons. The van der Waals surface area contributed by atoms with Crippen LogP contribution in [0.15, 0.2) is 18.5 Å². The number of nitrogens with one attached hydrogen (secondary N) is 1. The predicted molar refractivity (Wildman–Crippen MR) is 113 cm³/mol. The molecule has 2 aliphatic rings. The maximum atomic E-state index is 12.4. The molecule has 8 nitrogen and oxygen atoms in total. The van der Waals surface area contributed by atoms with Gasteiger partial charge in [-0.15, -0.1) is 24.8 Å². The molecule has 3 rings (SSSR count). The van der Waals surface area contributed by atoms with Crippen molar-refractivity contribution in [3.8, 4) is 0 Å². The standard InChI is InChI=1S/C18H28N6O2.2ClH/c19-18(6-2-1-3-7-18)16(26)20-10-5-15(25)23-11-13-24(14-12-23)17-21-8-4-9-22-17;;/h4,8-9H,1-3,5-7,10-14,19H2,(H,20,26);2*1H. The summed E-state index contributed by atoms with van der Waals surface area (Å²) in [7, 11) is 0. The number of amides is 2. The Hall–Kier alpha value is -1.64. The van der Waals surface area contributed by atoms with E-state index in [0.717, 1.165) is 32.1 Å². The minimum absolute atomic E-state index is 0. The summed E-state index contributed by atoms with van der Waals surface area (Å²) in [5, 5.41) is 2.86. The average molecular weight is 433 g/mol. The number of hydrogen-bond acceptors (Lipinski definition) is 6. The molecule has 2 amide bonds. The molecule has 1 aromatic rings. The third kappa shape index (κ3) is 6.18. The van der Waals surface area contributed by atoms with Gasteiger partial charge in [0.1, 0.15) is 0 Å². The van der Waals surface area contributed by atoms with Crippen molar-refractivity contribution in [1.29, 1.82) is 0 Å². The molecule has 2 heterocycles. The van der Waals surface area contributed by atoms with Crippen LogP contribution in [0.5, 0.6) is 0 Å². The molecule has 0 aromatic carbocycles. The monoisotopic (exact) mass is 432 g/mol. The second-order valence-electron chi connectivity index (χ2n) is 7.14. The van der Waals surface area contributed by atoms with Crippen molar-refractivity contribution in [2.24, 2.45) is 5.73 Å². The van der Waals surface area contributed by atoms with Gasteiger partial charge in [-0.05, 0) is 18.9 Å². The smallest absolute Gasteiger partial charge is 0.240 e. The highest BCUT2D eigenvalue weighted by atomic mass is 35.5. The summed E-state index contributed by atoms with van der Waals surface area (Å²) < 4.78 is 0. The van der Waals surface area contributed by atoms with Gasteiger partial charge in [-0.2, -0.15) is 0 Å². The number of anilines is 1. The van der Waals surface area contributed by atoms with E-state index in [0.29, 0.717) is 45.1 Å². The Bertz CT molecular complexity index is 620. The number of carbonyl (C=O) groups is 2. The van der Waals surface area contributed by atoms with Crippen LogP contribution >= 0.6 is 24.8 Å². The van der Waals surface area contributed by atoms with Crippen LogP contribution in [0.2, 0.25) is 0 Å². The molecule has 158 valence electrons. The minimum atomic E-state index is -0.747. The molecule has 1 saturated carbocycles. The maximum absolute atomic E-state index is 12.4. The molecule has 1 saturated heterocycles. The van der Waals surface area contributed by atoms with E-state index in [1.165, 1.54) is 0 Å². The summed E-state index contributed by atoms with van der Waals surface area (Å²) >= 11 is 0. The number of aromatic nitrogens is 2. The Morgan fingerprint density at radius 3 is 2.25 bits per heavy atom. The van der Waals surface area contributed by atoms with Gasteiger partial charge in [-0.1, -0.05) is 19.3 Å². The van der Waals surface area contributed by atoms with E-state index < -0.39 is 5.54 Å². The third-order valence-electron chi connectivity index (χ3n) is 5.29. The number of hydrogen-bond donors (Lipinski definition) is 2. The van der Waals surface area contributed by atoms with Gasteiger partial charge in [0.25, 0.3) is 0 Å². The van der Waals surface area contributed by atoms with E-state index in [9.17, 15) is 9.59 Å². The first-order valence-corrected chi connectivity index (χ1v) is 9.45. The van der Waals surface area contributed by atoms with E-state index in [4.69, 9.17) is 5.73 Å². The van der Waals surface area contributed by atoms with Gasteiger partial charge in [0.15, 0.2) is 0 Å². The van der Waals surface area contributed by atoms with E-state index >= 15 is 0 Å². The van der Waals surface area contributed by atoms with Gasteiger partial charge < -0.3 is 20.9 Å². The first kappa shape index (κ1) is 24.4. The average Bonchev–Trinajstić information content (AvgIpc) is 2.69. The van der Waals surface area contributed by atoms with Gasteiger partial charge in [0.05, 0.1) is 5.54 Å². The zero-order valence-electron chi connectivity index (χ0n) is 16.0. The largest absolute Gasteiger partial charge is 0.354 e. The first-order chi connectivity index (χ1) is 12.6. The molecule has 0 spiro atoms. The lowest BCUT2D eigenvalue weighted by atomic mass is 9.82. The Kier molecular flexibility index (Phi) is 9.92. The number of nitrogens with zero attached hydrogens (tertiary/aromatic N) is 4. The van der Waals surface area contributed by atoms with Gasteiger partial charge in [0.2, 0.25) is 17.8 Å². The Morgan fingerprint density at radius 2 is 1.64 bits per heavy atom. The zero-order chi connectivity index (χ0) is 18.4. The fourth-order valence-electron chi connectivity index (χ4n) is 3.64. The molecule has 0 unspecified atom stereocenters. The Morgan fingerprint density at radius 1 is 1.04 bits per heavy atom. The summed E-state index contributed by atoms with van der Waals surface area (Å²) in [6.45, 7) is 3.07. The van der Waals surface area contributed by atoms with Crippen LogP contribution in [0.1, 0.15) is 38.5 Å². The predicted octanol–water partition coefficient (Wildman–Crippen LogP) is 1.14. The van der Waals surface area contributed by atoms with E-state index in [2.05, 4.69) is 20.2 Å². The summed E-state index contributed by atoms with van der Waals surface area (Å²) in [5.41, 5.74) is 5.46. The summed E-state index contributed by atoms with van der Waals surface area (Å²) in [4.78, 5) is 37.1. The summed E-state index contributed by atoms with van der Waals surface area (Å²) in [5.74, 6) is 0.650. The van der Waals surface area contributed by atoms with Crippen molar-refractivity contribution in [2.75, 3.05) is 37.6 Å². The second-order valence-corrected chi connectivity index (χ2v) is 7.14. The first-order valence-electron chi connectivity index (χ1n) is 9.45. The molecule has 1 aromatic heterocycles. The number of halogens is 2. The van der Waals surface area contributed by atoms with Crippen molar-refractivity contribution < 1.29 is 9.59 Å². The van der Waals surface area contributed by atoms with Crippen molar-refractivity contribution >= 4 is 42.6 Å². The van der Waals surface area contributed by atoms with Gasteiger partial charge in [0, 0.05) is 51.5 Å². The lowest BCUT2D eigenvalue weighted by Gasteiger charge is -2.35. The van der Waals surface area contributed by atoms with Gasteiger partial charge in [-0.3, -0.25) is 9.59 Å². The molecule has 1 aliphatic heterocycles. The molecular formula is C18H30Cl2N6O2. The van der Waals surface area contributed by atoms with E-state index in [1.807, 2.05) is 4.90 Å². The fourth-order valence-corrected chi connectivity index (χ4v) is 3.64. The second kappa shape index (κ2) is 11.4. The molecule has 0 atom stereocenters. The number of rotatable bonds is 5. The molecule has 1 aliphatic carbocycles. The zero-order valence-corrected chi connectivity index (χ0v) is 17.6. The SMILES string of the molecule is Cl.Cl.NC1(C(=O)NCCC(=O)N2CCN(c3ncccn3)CC2)CCCCC1. The van der Waals surface area contributed by atoms with Crippen molar-refractivity contribution in [3.05, 3.63) is 18.5 Å². The molecule has 28 heavy (non-hydrogen) atoms. The van der Waals surface area contributed by atoms with Crippen LogP contribution < -0.4 is 16.0 Å². The highest BCUT2D eigenvalue weighted by Crippen LogP contribution is 2.25. The van der Waals surface area contributed by atoms with Crippen LogP contribution in [0.3, 0.4) is 0 Å². The van der Waals surface area contributed by atoms with Crippen molar-refractivity contribution in [2.45, 2.75) is 44.1 Å². The molecule has 2 fully saturated rings. The van der Waals surface area contributed by atoms with Crippen LogP contribution in [-0.4, -0.2) is 64.9 Å². The number of piperazine rings is 1. The quantitative estimate of drug-likeness (QED) is 0.722. The Balaban J connectivity index is 0.00000196. The maximum Gasteiger partial charge on any atom is 0.240 e. The number of carbonyl (C=O) groups excluding carboxylic acids is 2. The van der Waals surface area contributed by atoms with Crippen molar-refractivity contribution in [1.82, 2.24) is 20.2 Å². The van der Waals surface area contributed by atoms with Gasteiger partial charge >= 0.3 is 0 Å². The lowest BCUT2D eigenvalue weighted by Crippen LogP contribution is -2.55. The Labute approximate surface area is 178 Å². The number of nitrogens with two attached hydrogens (primary N) is 1. The molecular weight excluding hydrogens is 403 g/mol. The van der Waals surface area contributed by atoms with E-state index in [-0.39, 0.29) is 36.6 Å². The normalized spacial score (nSPS) is 18.5. The third-order valence-corrected chi connectivity index (χ3v) is 5.29. The van der Waals surface area contributed by atoms with Crippen LogP contribution in [0.4, 0.5) is 5.95 Å².